The average Bonchev–Trinajstić information content (AvgIpc) is 3.48. The molecule has 0 N–H and O–H groups in total. The first-order valence-corrected chi connectivity index (χ1v) is 15.4. The van der Waals surface area contributed by atoms with E-state index in [9.17, 15) is 0 Å². The molecule has 1 nitrogen and oxygen atoms in total. The summed E-state index contributed by atoms with van der Waals surface area (Å²) in [4.78, 5) is 0. The van der Waals surface area contributed by atoms with Gasteiger partial charge in [0.1, 0.15) is 89.6 Å². The molecular weight excluding hydrogens is 581 g/mol. The van der Waals surface area contributed by atoms with Crippen LogP contribution in [0.3, 0.4) is 0 Å². The first-order valence-electron chi connectivity index (χ1n) is 15.4. The van der Waals surface area contributed by atoms with E-state index in [1.807, 2.05) is 60.7 Å². The summed E-state index contributed by atoms with van der Waals surface area (Å²) in [5.41, 5.74) is 8.21. The molecule has 1 heterocycles. The Kier molecular flexibility index (Phi) is 7.49. The van der Waals surface area contributed by atoms with E-state index in [1.165, 1.54) is 0 Å². The lowest BCUT2D eigenvalue weighted by atomic mass is 9.59. The van der Waals surface area contributed by atoms with E-state index in [2.05, 4.69) is 24.3 Å². The van der Waals surface area contributed by atoms with Crippen LogP contribution in [0.25, 0.3) is 76.9 Å². The molecule has 0 unspecified atom stereocenters. The minimum absolute atomic E-state index is 0.164. The number of hydrogen-bond donors (Lipinski definition) is 0. The smallest absolute Gasteiger partial charge is 0.135 e. The van der Waals surface area contributed by atoms with Gasteiger partial charge in [0.15, 0.2) is 0 Å². The van der Waals surface area contributed by atoms with Crippen LogP contribution in [0.5, 0.6) is 0 Å². The Hall–Kier alpha value is -4.49. The molecule has 49 heavy (non-hydrogen) atoms. The fourth-order valence-corrected chi connectivity index (χ4v) is 7.08. The van der Waals surface area contributed by atoms with E-state index in [-0.39, 0.29) is 54.6 Å². The Labute approximate surface area is 298 Å². The highest BCUT2D eigenvalue weighted by Gasteiger charge is 2.21. The third-order valence-corrected chi connectivity index (χ3v) is 9.63. The van der Waals surface area contributed by atoms with Crippen molar-refractivity contribution in [2.75, 3.05) is 0 Å². The Balaban J connectivity index is 1.42. The molecule has 11 heteroatoms. The molecule has 0 amide bonds. The minimum atomic E-state index is 0.164. The summed E-state index contributed by atoms with van der Waals surface area (Å²) in [5.74, 6) is 0. The van der Waals surface area contributed by atoms with Crippen molar-refractivity contribution in [3.05, 3.63) is 84.9 Å². The van der Waals surface area contributed by atoms with Crippen LogP contribution in [0.1, 0.15) is 0 Å². The van der Waals surface area contributed by atoms with Gasteiger partial charge in [-0.1, -0.05) is 82.5 Å². The summed E-state index contributed by atoms with van der Waals surface area (Å²) < 4.78 is 6.28. The molecule has 0 atom stereocenters. The van der Waals surface area contributed by atoms with Crippen molar-refractivity contribution in [3.63, 3.8) is 0 Å². The van der Waals surface area contributed by atoms with Gasteiger partial charge in [-0.2, -0.15) is 0 Å². The van der Waals surface area contributed by atoms with Crippen molar-refractivity contribution in [3.8, 4) is 33.4 Å². The zero-order chi connectivity index (χ0) is 34.5. The monoisotopic (exact) mass is 596 g/mol. The maximum Gasteiger partial charge on any atom is 0.135 e. The average molecular weight is 595 g/mol. The van der Waals surface area contributed by atoms with E-state index in [0.717, 1.165) is 54.6 Å². The van der Waals surface area contributed by atoms with Crippen molar-refractivity contribution >= 4 is 177 Å². The molecule has 0 saturated heterocycles. The van der Waals surface area contributed by atoms with Crippen molar-refractivity contribution in [2.45, 2.75) is 0 Å². The second kappa shape index (κ2) is 11.5. The van der Waals surface area contributed by atoms with E-state index in [1.54, 1.807) is 0 Å². The van der Waals surface area contributed by atoms with E-state index in [0.29, 0.717) is 22.3 Å². The van der Waals surface area contributed by atoms with Gasteiger partial charge in [-0.25, -0.2) is 0 Å². The van der Waals surface area contributed by atoms with Gasteiger partial charge in [-0.05, 0) is 79.2 Å². The Morgan fingerprint density at radius 1 is 0.286 bits per heavy atom. The fourth-order valence-electron chi connectivity index (χ4n) is 7.08. The van der Waals surface area contributed by atoms with E-state index < -0.39 is 0 Å². The first kappa shape index (κ1) is 31.8. The van der Waals surface area contributed by atoms with Crippen molar-refractivity contribution in [1.82, 2.24) is 0 Å². The van der Waals surface area contributed by atoms with Gasteiger partial charge in [0.05, 0.1) is 0 Å². The largest absolute Gasteiger partial charge is 0.456 e. The number of furan rings is 1. The molecule has 202 valence electrons. The van der Waals surface area contributed by atoms with E-state index >= 15 is 0 Å². The van der Waals surface area contributed by atoms with Crippen LogP contribution in [-0.4, -0.2) is 78.5 Å². The number of benzene rings is 7. The van der Waals surface area contributed by atoms with Crippen LogP contribution in [-0.2, 0) is 0 Å². The zero-order valence-corrected chi connectivity index (χ0v) is 26.3. The predicted octanol–water partition coefficient (Wildman–Crippen LogP) is -1.17. The summed E-state index contributed by atoms with van der Waals surface area (Å²) in [5, 5.41) is 5.55. The summed E-state index contributed by atoms with van der Waals surface area (Å²) in [6.45, 7) is 0. The highest BCUT2D eigenvalue weighted by atomic mass is 16.3. The molecule has 7 aromatic carbocycles. The predicted molar refractivity (Wildman–Crippen MR) is 219 cm³/mol. The van der Waals surface area contributed by atoms with Gasteiger partial charge in [0.2, 0.25) is 0 Å². The Morgan fingerprint density at radius 3 is 1.02 bits per heavy atom. The molecule has 8 rings (SSSR count). The van der Waals surface area contributed by atoms with Crippen LogP contribution < -0.4 is 54.6 Å². The first-order chi connectivity index (χ1) is 23.5. The lowest BCUT2D eigenvalue weighted by Crippen LogP contribution is -2.55. The van der Waals surface area contributed by atoms with Crippen molar-refractivity contribution in [1.29, 1.82) is 0 Å². The van der Waals surface area contributed by atoms with Crippen LogP contribution in [0, 0.1) is 0 Å². The van der Waals surface area contributed by atoms with Gasteiger partial charge in [-0.3, -0.25) is 0 Å². The standard InChI is InChI=1S/C38H14B10O/c39-29-26(30(40)34(44)37(47)33(29)43)16-10-12-24-22(14-16)21-13-15(9-11-23(21)49-24)25-17-5-1-3-7-19(17)27(20-8-4-2-6-18(20)25)28-31(41)35(45)38(48)36(46)32(28)42/h1-14H. The Morgan fingerprint density at radius 2 is 0.612 bits per heavy atom. The molecule has 20 radical (unpaired) electrons. The van der Waals surface area contributed by atoms with Crippen LogP contribution >= 0.6 is 0 Å². The second-order valence-corrected chi connectivity index (χ2v) is 12.3. The molecule has 0 saturated carbocycles. The third-order valence-electron chi connectivity index (χ3n) is 9.63. The van der Waals surface area contributed by atoms with Gasteiger partial charge in [-0.15, -0.1) is 32.8 Å². The molecule has 0 spiro atoms. The number of hydrogen-bond acceptors (Lipinski definition) is 1. The number of fused-ring (bicyclic) bond motifs is 5. The highest BCUT2D eigenvalue weighted by Crippen LogP contribution is 2.44. The maximum atomic E-state index is 6.63. The quantitative estimate of drug-likeness (QED) is 0.186. The van der Waals surface area contributed by atoms with Crippen molar-refractivity contribution < 1.29 is 4.42 Å². The highest BCUT2D eigenvalue weighted by molar-refractivity contribution is 6.70. The van der Waals surface area contributed by atoms with Crippen molar-refractivity contribution in [2.24, 2.45) is 0 Å². The summed E-state index contributed by atoms with van der Waals surface area (Å²) >= 11 is 0. The van der Waals surface area contributed by atoms with Crippen LogP contribution in [0.2, 0.25) is 0 Å². The summed E-state index contributed by atoms with van der Waals surface area (Å²) in [6.07, 6.45) is 0. The fraction of sp³-hybridized carbons (Fsp3) is 0. The normalized spacial score (nSPS) is 11.7. The summed E-state index contributed by atoms with van der Waals surface area (Å²) in [7, 11) is 63.4. The van der Waals surface area contributed by atoms with Crippen LogP contribution in [0.4, 0.5) is 0 Å². The molecule has 8 aromatic rings. The zero-order valence-electron chi connectivity index (χ0n) is 26.3. The van der Waals surface area contributed by atoms with Gasteiger partial charge >= 0.3 is 0 Å². The molecule has 0 aliphatic heterocycles. The molecular formula is C38H14B10O. The van der Waals surface area contributed by atoms with Gasteiger partial charge < -0.3 is 4.42 Å². The molecule has 0 aliphatic carbocycles. The maximum absolute atomic E-state index is 6.63. The van der Waals surface area contributed by atoms with Crippen LogP contribution in [0.15, 0.2) is 89.3 Å². The molecule has 1 aromatic heterocycles. The summed E-state index contributed by atoms with van der Waals surface area (Å²) in [6, 6.07) is 28.1. The molecule has 0 aliphatic rings. The third kappa shape index (κ3) is 4.61. The second-order valence-electron chi connectivity index (χ2n) is 12.3. The van der Waals surface area contributed by atoms with E-state index in [4.69, 9.17) is 82.9 Å². The molecule has 0 bridgehead atoms. The topological polar surface area (TPSA) is 13.1 Å². The van der Waals surface area contributed by atoms with Gasteiger partial charge in [0.25, 0.3) is 0 Å². The van der Waals surface area contributed by atoms with Gasteiger partial charge in [0, 0.05) is 10.8 Å². The molecule has 0 fully saturated rings. The number of rotatable bonds is 3. The lowest BCUT2D eigenvalue weighted by molar-refractivity contribution is 0.669. The SMILES string of the molecule is [B]c1c([B])c([B])c(-c2ccc3oc4ccc(-c5c6ccccc6c(-c6c([B])c([B])c([B])c([B])c6[B])c6ccccc56)cc4c3c2)c([B])c1[B]. The lowest BCUT2D eigenvalue weighted by Gasteiger charge is -2.25. The minimum Gasteiger partial charge on any atom is -0.456 e. The Bertz CT molecular complexity index is 2620.